The first-order valence-corrected chi connectivity index (χ1v) is 17.7. The Morgan fingerprint density at radius 2 is 1.25 bits per heavy atom. The normalized spacial score (nSPS) is 15.4. The van der Waals surface area contributed by atoms with Crippen LogP contribution < -0.4 is 4.74 Å². The molecule has 1 aliphatic heterocycles. The van der Waals surface area contributed by atoms with E-state index in [-0.39, 0.29) is 0 Å². The van der Waals surface area contributed by atoms with Crippen LogP contribution in [-0.2, 0) is 5.41 Å². The van der Waals surface area contributed by atoms with Crippen molar-refractivity contribution >= 4 is 0 Å². The molecule has 53 heavy (non-hydrogen) atoms. The number of fused-ring (bicyclic) bond motifs is 7. The van der Waals surface area contributed by atoms with E-state index in [0.29, 0.717) is 11.4 Å². The zero-order chi connectivity index (χ0) is 35.9. The van der Waals surface area contributed by atoms with E-state index in [1.54, 1.807) is 6.08 Å². The molecule has 1 aliphatic carbocycles. The molecule has 0 bridgehead atoms. The summed E-state index contributed by atoms with van der Waals surface area (Å²) >= 11 is 0. The molecule has 4 nitrogen and oxygen atoms in total. The summed E-state index contributed by atoms with van der Waals surface area (Å²) < 4.78 is 6.57. The molecule has 6 aromatic carbocycles. The van der Waals surface area contributed by atoms with E-state index in [0.717, 1.165) is 61.9 Å². The average Bonchev–Trinajstić information content (AvgIpc) is 3.52. The second-order valence-electron chi connectivity index (χ2n) is 13.3. The maximum atomic E-state index is 9.32. The third kappa shape index (κ3) is 5.22. The molecule has 0 N–H and O–H groups in total. The topological polar surface area (TPSA) is 58.8 Å². The minimum atomic E-state index is -0.578. The molecule has 1 spiro atoms. The van der Waals surface area contributed by atoms with Gasteiger partial charge in [-0.1, -0.05) is 134 Å². The highest BCUT2D eigenvalue weighted by Crippen LogP contribution is 2.60. The van der Waals surface area contributed by atoms with Crippen LogP contribution in [0.1, 0.15) is 29.2 Å². The SMILES string of the molecule is C=C/C=C\C1=C(C)C2(c3ccccc3O1)c1ccccc1-c1ccc(-c3cc(-c4cccc(-c5ccc(C#N)cc5)c4)nc(-c4ccccc4)n3)cc12. The molecule has 2 heterocycles. The monoisotopic (exact) mass is 679 g/mol. The molecule has 1 atom stereocenters. The van der Waals surface area contributed by atoms with Gasteiger partial charge in [0.15, 0.2) is 5.82 Å². The number of rotatable bonds is 6. The van der Waals surface area contributed by atoms with Crippen molar-refractivity contribution in [3.8, 4) is 68.0 Å². The van der Waals surface area contributed by atoms with Crippen LogP contribution in [0.5, 0.6) is 5.75 Å². The van der Waals surface area contributed by atoms with Crippen LogP contribution in [0.15, 0.2) is 188 Å². The second kappa shape index (κ2) is 12.9. The largest absolute Gasteiger partial charge is 0.457 e. The first-order valence-electron chi connectivity index (χ1n) is 17.7. The van der Waals surface area contributed by atoms with E-state index in [9.17, 15) is 5.26 Å². The highest BCUT2D eigenvalue weighted by molar-refractivity contribution is 5.89. The predicted octanol–water partition coefficient (Wildman–Crippen LogP) is 11.7. The lowest BCUT2D eigenvalue weighted by Crippen LogP contribution is -2.33. The molecule has 4 heteroatoms. The number of ether oxygens (including phenoxy) is 1. The van der Waals surface area contributed by atoms with E-state index < -0.39 is 5.41 Å². The maximum absolute atomic E-state index is 9.32. The molecule has 7 aromatic rings. The van der Waals surface area contributed by atoms with Crippen molar-refractivity contribution in [2.75, 3.05) is 0 Å². The first kappa shape index (κ1) is 31.9. The van der Waals surface area contributed by atoms with E-state index in [1.165, 1.54) is 22.3 Å². The molecule has 0 fully saturated rings. The summed E-state index contributed by atoms with van der Waals surface area (Å²) in [5.41, 5.74) is 13.8. The van der Waals surface area contributed by atoms with Crippen LogP contribution in [0.3, 0.4) is 0 Å². The van der Waals surface area contributed by atoms with Gasteiger partial charge in [-0.2, -0.15) is 5.26 Å². The van der Waals surface area contributed by atoms with Gasteiger partial charge in [0.25, 0.3) is 0 Å². The van der Waals surface area contributed by atoms with Crippen molar-refractivity contribution in [2.45, 2.75) is 12.3 Å². The number of allylic oxidation sites excluding steroid dienone is 4. The molecule has 1 aromatic heterocycles. The predicted molar refractivity (Wildman–Crippen MR) is 213 cm³/mol. The Bertz CT molecular complexity index is 2680. The zero-order valence-electron chi connectivity index (χ0n) is 29.1. The highest BCUT2D eigenvalue weighted by Gasteiger charge is 2.50. The number of benzene rings is 6. The van der Waals surface area contributed by atoms with Gasteiger partial charge in [-0.05, 0) is 88.4 Å². The fraction of sp³-hybridized carbons (Fsp3) is 0.0408. The van der Waals surface area contributed by atoms with Crippen molar-refractivity contribution in [2.24, 2.45) is 0 Å². The molecule has 0 radical (unpaired) electrons. The molecule has 0 saturated heterocycles. The summed E-state index contributed by atoms with van der Waals surface area (Å²) in [5.74, 6) is 2.31. The molecular weight excluding hydrogens is 647 g/mol. The standard InChI is InChI=1S/C49H33N3O/c1-3-4-20-46-32(2)49(42-19-10-11-21-47(42)53-46)41-18-9-8-17-39(41)40-27-26-38(29-43(40)49)45-30-44(51-48(52-45)35-13-6-5-7-14-35)37-16-12-15-36(28-37)34-24-22-33(31-50)23-25-34/h3-30H,1H2,2H3/b20-4-. The molecular formula is C49H33N3O. The van der Waals surface area contributed by atoms with Gasteiger partial charge in [0, 0.05) is 22.3 Å². The Morgan fingerprint density at radius 1 is 0.604 bits per heavy atom. The number of aromatic nitrogens is 2. The first-order chi connectivity index (χ1) is 26.1. The van der Waals surface area contributed by atoms with Crippen LogP contribution >= 0.6 is 0 Å². The summed E-state index contributed by atoms with van der Waals surface area (Å²) in [6.07, 6.45) is 5.73. The van der Waals surface area contributed by atoms with Gasteiger partial charge in [0.2, 0.25) is 0 Å². The summed E-state index contributed by atoms with van der Waals surface area (Å²) in [6, 6.07) is 54.4. The van der Waals surface area contributed by atoms with Gasteiger partial charge in [-0.15, -0.1) is 0 Å². The van der Waals surface area contributed by atoms with Gasteiger partial charge in [0.1, 0.15) is 11.5 Å². The van der Waals surface area contributed by atoms with Crippen molar-refractivity contribution in [3.05, 3.63) is 210 Å². The van der Waals surface area contributed by atoms with Crippen molar-refractivity contribution < 1.29 is 4.74 Å². The summed E-state index contributed by atoms with van der Waals surface area (Å²) in [4.78, 5) is 10.4. The maximum Gasteiger partial charge on any atom is 0.160 e. The second-order valence-corrected chi connectivity index (χ2v) is 13.3. The fourth-order valence-electron chi connectivity index (χ4n) is 7.95. The van der Waals surface area contributed by atoms with E-state index in [4.69, 9.17) is 14.7 Å². The molecule has 9 rings (SSSR count). The lowest BCUT2D eigenvalue weighted by molar-refractivity contribution is 0.399. The van der Waals surface area contributed by atoms with Gasteiger partial charge < -0.3 is 4.74 Å². The molecule has 1 unspecified atom stereocenters. The third-order valence-corrected chi connectivity index (χ3v) is 10.4. The quantitative estimate of drug-likeness (QED) is 0.164. The Morgan fingerprint density at radius 3 is 2.02 bits per heavy atom. The van der Waals surface area contributed by atoms with Crippen LogP contribution in [0, 0.1) is 11.3 Å². The number of para-hydroxylation sites is 1. The Kier molecular flexibility index (Phi) is 7.76. The lowest BCUT2D eigenvalue weighted by atomic mass is 9.66. The lowest BCUT2D eigenvalue weighted by Gasteiger charge is -2.39. The van der Waals surface area contributed by atoms with E-state index >= 15 is 0 Å². The average molecular weight is 680 g/mol. The highest BCUT2D eigenvalue weighted by atomic mass is 16.5. The van der Waals surface area contributed by atoms with Crippen molar-refractivity contribution in [1.82, 2.24) is 9.97 Å². The molecule has 0 amide bonds. The summed E-state index contributed by atoms with van der Waals surface area (Å²) in [7, 11) is 0. The minimum absolute atomic E-state index is 0.578. The van der Waals surface area contributed by atoms with E-state index in [2.05, 4.69) is 123 Å². The number of nitrogens with zero attached hydrogens (tertiary/aromatic N) is 3. The van der Waals surface area contributed by atoms with Gasteiger partial charge in [0.05, 0.1) is 28.4 Å². The summed E-state index contributed by atoms with van der Waals surface area (Å²) in [5, 5.41) is 9.32. The van der Waals surface area contributed by atoms with Crippen LogP contribution in [-0.4, -0.2) is 9.97 Å². The minimum Gasteiger partial charge on any atom is -0.457 e. The Hall–Kier alpha value is -7.09. The van der Waals surface area contributed by atoms with Gasteiger partial charge in [-0.3, -0.25) is 0 Å². The Balaban J connectivity index is 1.26. The molecule has 250 valence electrons. The third-order valence-electron chi connectivity index (χ3n) is 10.4. The molecule has 2 aliphatic rings. The number of nitriles is 1. The van der Waals surface area contributed by atoms with E-state index in [1.807, 2.05) is 60.7 Å². The van der Waals surface area contributed by atoms with Crippen LogP contribution in [0.25, 0.3) is 56.2 Å². The number of hydrogen-bond donors (Lipinski definition) is 0. The molecule has 0 saturated carbocycles. The van der Waals surface area contributed by atoms with Crippen molar-refractivity contribution in [1.29, 1.82) is 5.26 Å². The van der Waals surface area contributed by atoms with Gasteiger partial charge in [-0.25, -0.2) is 9.97 Å². The van der Waals surface area contributed by atoms with Crippen LogP contribution in [0.2, 0.25) is 0 Å². The number of hydrogen-bond acceptors (Lipinski definition) is 4. The van der Waals surface area contributed by atoms with Crippen molar-refractivity contribution in [3.63, 3.8) is 0 Å². The fourth-order valence-corrected chi connectivity index (χ4v) is 7.95. The Labute approximate surface area is 309 Å². The van der Waals surface area contributed by atoms with Crippen LogP contribution in [0.4, 0.5) is 0 Å². The zero-order valence-corrected chi connectivity index (χ0v) is 29.1. The summed E-state index contributed by atoms with van der Waals surface area (Å²) in [6.45, 7) is 6.11. The van der Waals surface area contributed by atoms with Gasteiger partial charge >= 0.3 is 0 Å². The smallest absolute Gasteiger partial charge is 0.160 e.